The number of nitriles is 1. The van der Waals surface area contributed by atoms with Gasteiger partial charge in [-0.3, -0.25) is 9.59 Å². The van der Waals surface area contributed by atoms with Crippen molar-refractivity contribution >= 4 is 22.8 Å². The maximum Gasteiger partial charge on any atom is 0.418 e. The Hall–Kier alpha value is -3.99. The Kier molecular flexibility index (Phi) is 7.20. The molecule has 3 aromatic rings. The molecule has 0 aromatic carbocycles. The molecule has 1 aliphatic rings. The molecular formula is C22H23F3N8O3. The predicted octanol–water partition coefficient (Wildman–Crippen LogP) is 1.72. The molecule has 190 valence electrons. The van der Waals surface area contributed by atoms with E-state index in [4.69, 9.17) is 10.00 Å². The number of rotatable bonds is 7. The number of nitrogens with one attached hydrogen (secondary N) is 1. The lowest BCUT2D eigenvalue weighted by Crippen LogP contribution is -2.49. The van der Waals surface area contributed by atoms with Crippen molar-refractivity contribution in [2.24, 2.45) is 0 Å². The van der Waals surface area contributed by atoms with Gasteiger partial charge in [-0.1, -0.05) is 0 Å². The van der Waals surface area contributed by atoms with Crippen LogP contribution in [0.1, 0.15) is 30.5 Å². The van der Waals surface area contributed by atoms with Crippen LogP contribution in [-0.4, -0.2) is 74.9 Å². The third-order valence-electron chi connectivity index (χ3n) is 5.93. The molecule has 1 N–H and O–H groups in total. The van der Waals surface area contributed by atoms with E-state index < -0.39 is 28.7 Å². The molecule has 0 saturated carbocycles. The number of fused-ring (bicyclic) bond motifs is 1. The highest BCUT2D eigenvalue weighted by Crippen LogP contribution is 2.35. The number of carbonyl (C=O) groups excluding carboxylic acids is 1. The standard InChI is InChI=1S/C22H23F3N8O3/c1-14(33-12-16(22(23,24)25)19-17(33)11-29-30-20(19)35)13-36-7-2-18(34)31-3-5-32(6-4-31)21-27-9-15(8-26)10-28-21/h9-12,14H,2-7,13H2,1H3,(H,30,35). The number of carbonyl (C=O) groups is 1. The van der Waals surface area contributed by atoms with E-state index in [2.05, 4.69) is 15.1 Å². The molecule has 1 unspecified atom stereocenters. The molecule has 4 heterocycles. The van der Waals surface area contributed by atoms with E-state index in [0.29, 0.717) is 37.7 Å². The van der Waals surface area contributed by atoms with Crippen LogP contribution in [0.2, 0.25) is 0 Å². The number of nitrogens with zero attached hydrogens (tertiary/aromatic N) is 7. The lowest BCUT2D eigenvalue weighted by molar-refractivity contribution is -0.136. The van der Waals surface area contributed by atoms with Gasteiger partial charge in [-0.05, 0) is 6.92 Å². The normalized spacial score (nSPS) is 15.2. The van der Waals surface area contributed by atoms with Crippen LogP contribution >= 0.6 is 0 Å². The molecule has 3 aromatic heterocycles. The number of amides is 1. The van der Waals surface area contributed by atoms with Gasteiger partial charge in [0.2, 0.25) is 11.9 Å². The average molecular weight is 504 g/mol. The topological polar surface area (TPSA) is 133 Å². The summed E-state index contributed by atoms with van der Waals surface area (Å²) >= 11 is 0. The summed E-state index contributed by atoms with van der Waals surface area (Å²) < 4.78 is 47.1. The van der Waals surface area contributed by atoms with Crippen molar-refractivity contribution in [3.63, 3.8) is 0 Å². The largest absolute Gasteiger partial charge is 0.418 e. The Labute approximate surface area is 203 Å². The van der Waals surface area contributed by atoms with Crippen molar-refractivity contribution in [2.75, 3.05) is 44.3 Å². The van der Waals surface area contributed by atoms with Crippen molar-refractivity contribution in [1.29, 1.82) is 5.26 Å². The van der Waals surface area contributed by atoms with Crippen LogP contribution in [0.3, 0.4) is 0 Å². The van der Waals surface area contributed by atoms with Gasteiger partial charge in [-0.25, -0.2) is 15.1 Å². The van der Waals surface area contributed by atoms with Gasteiger partial charge in [0, 0.05) is 32.4 Å². The second-order valence-corrected chi connectivity index (χ2v) is 8.33. The summed E-state index contributed by atoms with van der Waals surface area (Å²) in [6, 6.07) is 1.44. The highest BCUT2D eigenvalue weighted by molar-refractivity contribution is 5.83. The highest BCUT2D eigenvalue weighted by atomic mass is 19.4. The van der Waals surface area contributed by atoms with E-state index in [-0.39, 0.29) is 31.1 Å². The molecule has 1 amide bonds. The fourth-order valence-corrected chi connectivity index (χ4v) is 4.05. The SMILES string of the molecule is CC(COCCC(=O)N1CCN(c2ncc(C#N)cn2)CC1)n1cc(C(F)(F)F)c2c(=O)[nH]ncc21. The summed E-state index contributed by atoms with van der Waals surface area (Å²) in [6.45, 7) is 3.87. The quantitative estimate of drug-likeness (QED) is 0.481. The van der Waals surface area contributed by atoms with Crippen LogP contribution in [0.5, 0.6) is 0 Å². The van der Waals surface area contributed by atoms with E-state index in [1.165, 1.54) is 23.2 Å². The predicted molar refractivity (Wildman–Crippen MR) is 121 cm³/mol. The minimum atomic E-state index is -4.69. The van der Waals surface area contributed by atoms with Gasteiger partial charge in [0.1, 0.15) is 6.07 Å². The molecule has 0 spiro atoms. The molecule has 11 nitrogen and oxygen atoms in total. The summed E-state index contributed by atoms with van der Waals surface area (Å²) in [5.41, 5.74) is -1.52. The van der Waals surface area contributed by atoms with Gasteiger partial charge in [-0.15, -0.1) is 0 Å². The Morgan fingerprint density at radius 1 is 1.22 bits per heavy atom. The first-order valence-corrected chi connectivity index (χ1v) is 11.2. The second kappa shape index (κ2) is 10.3. The number of aromatic amines is 1. The van der Waals surface area contributed by atoms with E-state index in [9.17, 15) is 22.8 Å². The van der Waals surface area contributed by atoms with Crippen molar-refractivity contribution < 1.29 is 22.7 Å². The van der Waals surface area contributed by atoms with E-state index >= 15 is 0 Å². The maximum absolute atomic E-state index is 13.4. The van der Waals surface area contributed by atoms with E-state index in [1.54, 1.807) is 11.8 Å². The first-order valence-electron chi connectivity index (χ1n) is 11.2. The number of H-pyrrole nitrogens is 1. The number of ether oxygens (including phenoxy) is 1. The second-order valence-electron chi connectivity index (χ2n) is 8.33. The smallest absolute Gasteiger partial charge is 0.379 e. The average Bonchev–Trinajstić information content (AvgIpc) is 3.28. The van der Waals surface area contributed by atoms with Crippen molar-refractivity contribution in [2.45, 2.75) is 25.6 Å². The molecule has 0 bridgehead atoms. The van der Waals surface area contributed by atoms with Gasteiger partial charge in [0.15, 0.2) is 0 Å². The van der Waals surface area contributed by atoms with Gasteiger partial charge in [0.25, 0.3) is 5.56 Å². The molecule has 1 aliphatic heterocycles. The number of alkyl halides is 3. The molecule has 1 saturated heterocycles. The third kappa shape index (κ3) is 5.30. The summed E-state index contributed by atoms with van der Waals surface area (Å²) in [6.07, 6.45) is 0.398. The van der Waals surface area contributed by atoms with Crippen LogP contribution in [0.4, 0.5) is 19.1 Å². The number of piperazine rings is 1. The Balaban J connectivity index is 1.27. The van der Waals surface area contributed by atoms with Gasteiger partial charge in [0.05, 0.1) is 66.3 Å². The summed E-state index contributed by atoms with van der Waals surface area (Å²) in [4.78, 5) is 36.5. The van der Waals surface area contributed by atoms with E-state index in [1.807, 2.05) is 16.1 Å². The van der Waals surface area contributed by atoms with E-state index in [0.717, 1.165) is 6.20 Å². The molecular weight excluding hydrogens is 481 g/mol. The van der Waals surface area contributed by atoms with Gasteiger partial charge < -0.3 is 19.1 Å². The minimum Gasteiger partial charge on any atom is -0.379 e. The van der Waals surface area contributed by atoms with Crippen LogP contribution in [0, 0.1) is 11.3 Å². The first kappa shape index (κ1) is 25.1. The lowest BCUT2D eigenvalue weighted by atomic mass is 10.2. The number of hydrogen-bond acceptors (Lipinski definition) is 8. The number of anilines is 1. The summed E-state index contributed by atoms with van der Waals surface area (Å²) in [5, 5.41) is 14.0. The zero-order valence-electron chi connectivity index (χ0n) is 19.3. The van der Waals surface area contributed by atoms with Crippen molar-refractivity contribution in [3.8, 4) is 6.07 Å². The summed E-state index contributed by atoms with van der Waals surface area (Å²) in [5.74, 6) is 0.409. The Morgan fingerprint density at radius 3 is 2.56 bits per heavy atom. The Morgan fingerprint density at radius 2 is 1.92 bits per heavy atom. The molecule has 1 atom stereocenters. The fraction of sp³-hybridized carbons (Fsp3) is 0.455. The molecule has 14 heteroatoms. The highest BCUT2D eigenvalue weighted by Gasteiger charge is 2.36. The number of hydrogen-bond donors (Lipinski definition) is 1. The molecule has 36 heavy (non-hydrogen) atoms. The van der Waals surface area contributed by atoms with Crippen LogP contribution < -0.4 is 10.5 Å². The third-order valence-corrected chi connectivity index (χ3v) is 5.93. The number of aromatic nitrogens is 5. The van der Waals surface area contributed by atoms with Gasteiger partial charge in [-0.2, -0.15) is 23.5 Å². The molecule has 1 fully saturated rings. The van der Waals surface area contributed by atoms with Crippen LogP contribution in [0.15, 0.2) is 29.6 Å². The maximum atomic E-state index is 13.4. The first-order chi connectivity index (χ1) is 17.2. The summed E-state index contributed by atoms with van der Waals surface area (Å²) in [7, 11) is 0. The zero-order chi connectivity index (χ0) is 25.9. The molecule has 4 rings (SSSR count). The van der Waals surface area contributed by atoms with Crippen molar-refractivity contribution in [3.05, 3.63) is 46.3 Å². The van der Waals surface area contributed by atoms with Crippen LogP contribution in [-0.2, 0) is 15.7 Å². The monoisotopic (exact) mass is 504 g/mol. The number of halogens is 3. The zero-order valence-corrected chi connectivity index (χ0v) is 19.3. The Bertz CT molecular complexity index is 1320. The van der Waals surface area contributed by atoms with Crippen LogP contribution in [0.25, 0.3) is 10.9 Å². The lowest BCUT2D eigenvalue weighted by Gasteiger charge is -2.34. The van der Waals surface area contributed by atoms with Crippen molar-refractivity contribution in [1.82, 2.24) is 29.6 Å². The molecule has 0 radical (unpaired) electrons. The minimum absolute atomic E-state index is 0.0466. The fourth-order valence-electron chi connectivity index (χ4n) is 4.05. The van der Waals surface area contributed by atoms with Gasteiger partial charge >= 0.3 is 6.18 Å². The molecule has 0 aliphatic carbocycles.